The zero-order valence-electron chi connectivity index (χ0n) is 16.8. The molecule has 1 aromatic rings. The van der Waals surface area contributed by atoms with Gasteiger partial charge in [-0.1, -0.05) is 0 Å². The van der Waals surface area contributed by atoms with E-state index >= 15 is 0 Å². The third-order valence-electron chi connectivity index (χ3n) is 4.50. The van der Waals surface area contributed by atoms with E-state index < -0.39 is 11.7 Å². The molecule has 1 aliphatic rings. The number of ether oxygens (including phenoxy) is 3. The Bertz CT molecular complexity index is 633. The highest BCUT2D eigenvalue weighted by Gasteiger charge is 2.23. The van der Waals surface area contributed by atoms with Gasteiger partial charge in [0.1, 0.15) is 18.0 Å². The van der Waals surface area contributed by atoms with Crippen molar-refractivity contribution in [1.82, 2.24) is 0 Å². The lowest BCUT2D eigenvalue weighted by molar-refractivity contribution is -0.160. The van der Waals surface area contributed by atoms with Crippen LogP contribution in [0.2, 0.25) is 0 Å². The average molecular weight is 395 g/mol. The largest absolute Gasteiger partial charge is 0.458 e. The quantitative estimate of drug-likeness (QED) is 0.686. The van der Waals surface area contributed by atoms with E-state index in [0.717, 1.165) is 25.7 Å². The van der Waals surface area contributed by atoms with E-state index in [-0.39, 0.29) is 18.4 Å². The first-order valence-corrected chi connectivity index (χ1v) is 9.70. The highest BCUT2D eigenvalue weighted by atomic mass is 19.1. The Labute approximate surface area is 165 Å². The molecule has 0 saturated heterocycles. The van der Waals surface area contributed by atoms with Crippen molar-refractivity contribution in [1.29, 1.82) is 0 Å². The number of hydrogen-bond donors (Lipinski definition) is 1. The van der Waals surface area contributed by atoms with Gasteiger partial charge < -0.3 is 14.2 Å². The van der Waals surface area contributed by atoms with Crippen LogP contribution in [-0.4, -0.2) is 37.5 Å². The summed E-state index contributed by atoms with van der Waals surface area (Å²) in [5, 5.41) is 2.58. The van der Waals surface area contributed by atoms with E-state index in [2.05, 4.69) is 5.32 Å². The van der Waals surface area contributed by atoms with E-state index in [1.54, 1.807) is 0 Å². The number of carbonyl (C=O) groups excluding carboxylic acids is 2. The Morgan fingerprint density at radius 2 is 1.61 bits per heavy atom. The van der Waals surface area contributed by atoms with Crippen LogP contribution in [0.3, 0.4) is 0 Å². The molecular formula is C21H30FNO5. The molecule has 156 valence electrons. The number of hydrogen-bond acceptors (Lipinski definition) is 5. The van der Waals surface area contributed by atoms with Gasteiger partial charge in [0.05, 0.1) is 13.2 Å². The van der Waals surface area contributed by atoms with Crippen LogP contribution in [0.4, 0.5) is 14.9 Å². The first-order valence-electron chi connectivity index (χ1n) is 9.70. The molecule has 0 aromatic heterocycles. The van der Waals surface area contributed by atoms with E-state index in [9.17, 15) is 14.0 Å². The molecule has 1 N–H and O–H groups in total. The molecule has 7 heteroatoms. The van der Waals surface area contributed by atoms with Crippen molar-refractivity contribution in [3.63, 3.8) is 0 Å². The molecule has 0 aliphatic heterocycles. The summed E-state index contributed by atoms with van der Waals surface area (Å²) in [5.41, 5.74) is -0.00107. The number of amides is 1. The molecule has 1 aliphatic carbocycles. The molecule has 1 aromatic carbocycles. The summed E-state index contributed by atoms with van der Waals surface area (Å²) in [6.45, 7) is 6.36. The average Bonchev–Trinajstić information content (AvgIpc) is 2.61. The van der Waals surface area contributed by atoms with Gasteiger partial charge in [-0.05, 0) is 82.6 Å². The molecule has 2 rings (SSSR count). The van der Waals surface area contributed by atoms with Crippen molar-refractivity contribution < 1.29 is 28.2 Å². The molecule has 0 spiro atoms. The molecule has 0 bridgehead atoms. The minimum absolute atomic E-state index is 0.0239. The topological polar surface area (TPSA) is 73.9 Å². The van der Waals surface area contributed by atoms with Gasteiger partial charge in [0.15, 0.2) is 0 Å². The standard InChI is InChI=1S/C21H30FNO5/c1-21(2,3)28-19(24)14-26-12-15-4-6-16(7-5-15)13-27-20(25)23-18-10-8-17(22)9-11-18/h8-11,15-16H,4-7,12-14H2,1-3H3,(H,23,25)/t15-,16-. The second-order valence-corrected chi connectivity index (χ2v) is 8.22. The maximum Gasteiger partial charge on any atom is 0.411 e. The van der Waals surface area contributed by atoms with Crippen LogP contribution in [-0.2, 0) is 19.0 Å². The van der Waals surface area contributed by atoms with Gasteiger partial charge in [-0.3, -0.25) is 5.32 Å². The normalized spacial score (nSPS) is 19.7. The van der Waals surface area contributed by atoms with Gasteiger partial charge in [-0.15, -0.1) is 0 Å². The fourth-order valence-corrected chi connectivity index (χ4v) is 3.13. The van der Waals surface area contributed by atoms with E-state index in [0.29, 0.717) is 30.7 Å². The summed E-state index contributed by atoms with van der Waals surface area (Å²) in [4.78, 5) is 23.4. The number of halogens is 1. The lowest BCUT2D eigenvalue weighted by atomic mass is 9.83. The second kappa shape index (κ2) is 10.4. The molecular weight excluding hydrogens is 365 g/mol. The lowest BCUT2D eigenvalue weighted by Gasteiger charge is -2.28. The van der Waals surface area contributed by atoms with Gasteiger partial charge in [0.25, 0.3) is 0 Å². The number of anilines is 1. The Morgan fingerprint density at radius 1 is 1.04 bits per heavy atom. The van der Waals surface area contributed by atoms with Crippen LogP contribution in [0, 0.1) is 17.7 Å². The number of benzene rings is 1. The summed E-state index contributed by atoms with van der Waals surface area (Å²) in [6, 6.07) is 5.53. The van der Waals surface area contributed by atoms with Gasteiger partial charge >= 0.3 is 12.1 Å². The fraction of sp³-hybridized carbons (Fsp3) is 0.619. The Kier molecular flexibility index (Phi) is 8.23. The second-order valence-electron chi connectivity index (χ2n) is 8.22. The van der Waals surface area contributed by atoms with Gasteiger partial charge in [0, 0.05) is 5.69 Å². The molecule has 1 saturated carbocycles. The third-order valence-corrected chi connectivity index (χ3v) is 4.50. The van der Waals surface area contributed by atoms with E-state index in [1.165, 1.54) is 24.3 Å². The predicted octanol–water partition coefficient (Wildman–Crippen LogP) is 4.54. The van der Waals surface area contributed by atoms with Crippen LogP contribution in [0.5, 0.6) is 0 Å². The number of esters is 1. The van der Waals surface area contributed by atoms with Crippen molar-refractivity contribution in [3.8, 4) is 0 Å². The summed E-state index contributed by atoms with van der Waals surface area (Å²) < 4.78 is 28.8. The van der Waals surface area contributed by atoms with Crippen LogP contribution in [0.15, 0.2) is 24.3 Å². The maximum atomic E-state index is 12.9. The van der Waals surface area contributed by atoms with Gasteiger partial charge in [-0.25, -0.2) is 14.0 Å². The van der Waals surface area contributed by atoms with Crippen molar-refractivity contribution >= 4 is 17.7 Å². The zero-order chi connectivity index (χ0) is 20.6. The molecule has 6 nitrogen and oxygen atoms in total. The molecule has 0 radical (unpaired) electrons. The SMILES string of the molecule is CC(C)(C)OC(=O)COC[C@H]1CC[C@H](COC(=O)Nc2ccc(F)cc2)CC1. The molecule has 1 fully saturated rings. The zero-order valence-corrected chi connectivity index (χ0v) is 16.8. The lowest BCUT2D eigenvalue weighted by Crippen LogP contribution is -2.28. The summed E-state index contributed by atoms with van der Waals surface area (Å²) in [6.07, 6.45) is 3.31. The van der Waals surface area contributed by atoms with Gasteiger partial charge in [-0.2, -0.15) is 0 Å². The first kappa shape index (κ1) is 22.1. The van der Waals surface area contributed by atoms with Crippen LogP contribution in [0.1, 0.15) is 46.5 Å². The first-order chi connectivity index (χ1) is 13.2. The Hall–Kier alpha value is -2.15. The van der Waals surface area contributed by atoms with E-state index in [1.807, 2.05) is 20.8 Å². The molecule has 0 atom stereocenters. The number of nitrogens with one attached hydrogen (secondary N) is 1. The fourth-order valence-electron chi connectivity index (χ4n) is 3.13. The molecule has 0 unspecified atom stereocenters. The van der Waals surface area contributed by atoms with E-state index in [4.69, 9.17) is 14.2 Å². The van der Waals surface area contributed by atoms with Crippen LogP contribution >= 0.6 is 0 Å². The molecule has 0 heterocycles. The summed E-state index contributed by atoms with van der Waals surface area (Å²) >= 11 is 0. The van der Waals surface area contributed by atoms with Crippen LogP contribution in [0.25, 0.3) is 0 Å². The highest BCUT2D eigenvalue weighted by Crippen LogP contribution is 2.29. The minimum Gasteiger partial charge on any atom is -0.458 e. The van der Waals surface area contributed by atoms with Gasteiger partial charge in [0.2, 0.25) is 0 Å². The monoisotopic (exact) mass is 395 g/mol. The Morgan fingerprint density at radius 3 is 2.18 bits per heavy atom. The van der Waals surface area contributed by atoms with Crippen molar-refractivity contribution in [2.45, 2.75) is 52.1 Å². The molecule has 28 heavy (non-hydrogen) atoms. The molecule has 1 amide bonds. The Balaban J connectivity index is 1.57. The third kappa shape index (κ3) is 8.69. The number of carbonyl (C=O) groups is 2. The predicted molar refractivity (Wildman–Crippen MR) is 103 cm³/mol. The smallest absolute Gasteiger partial charge is 0.411 e. The summed E-state index contributed by atoms with van der Waals surface area (Å²) in [5.74, 6) is 0.0281. The van der Waals surface area contributed by atoms with Crippen molar-refractivity contribution in [2.75, 3.05) is 25.1 Å². The summed E-state index contributed by atoms with van der Waals surface area (Å²) in [7, 11) is 0. The van der Waals surface area contributed by atoms with Crippen molar-refractivity contribution in [2.24, 2.45) is 11.8 Å². The highest BCUT2D eigenvalue weighted by molar-refractivity contribution is 5.84. The van der Waals surface area contributed by atoms with Crippen molar-refractivity contribution in [3.05, 3.63) is 30.1 Å². The minimum atomic E-state index is -0.533. The van der Waals surface area contributed by atoms with Crippen LogP contribution < -0.4 is 5.32 Å². The number of rotatable bonds is 7. The maximum absolute atomic E-state index is 12.9.